The van der Waals surface area contributed by atoms with Crippen LogP contribution in [0.25, 0.3) is 0 Å². The molecule has 2 aromatic rings. The number of benzene rings is 1. The van der Waals surface area contributed by atoms with Crippen molar-refractivity contribution in [3.8, 4) is 0 Å². The Bertz CT molecular complexity index is 636. The van der Waals surface area contributed by atoms with Crippen LogP contribution in [0.3, 0.4) is 0 Å². The van der Waals surface area contributed by atoms with Gasteiger partial charge < -0.3 is 11.1 Å². The Morgan fingerprint density at radius 1 is 1.40 bits per heavy atom. The lowest BCUT2D eigenvalue weighted by Gasteiger charge is -2.07. The van der Waals surface area contributed by atoms with Crippen LogP contribution < -0.4 is 11.1 Å². The first-order valence-electron chi connectivity index (χ1n) is 6.48. The van der Waals surface area contributed by atoms with Gasteiger partial charge in [-0.25, -0.2) is 0 Å². The quantitative estimate of drug-likeness (QED) is 0.851. The number of amides is 1. The molecule has 0 atom stereocenters. The molecule has 5 nitrogen and oxygen atoms in total. The van der Waals surface area contributed by atoms with Crippen LogP contribution in [0.1, 0.15) is 30.0 Å². The number of hydrogen-bond acceptors (Lipinski definition) is 3. The minimum atomic E-state index is -0.208. The third-order valence-electron chi connectivity index (χ3n) is 2.98. The van der Waals surface area contributed by atoms with Crippen LogP contribution in [0.2, 0.25) is 5.02 Å². The molecule has 0 bridgehead atoms. The van der Waals surface area contributed by atoms with E-state index in [1.165, 1.54) is 0 Å². The maximum Gasteiger partial charge on any atom is 0.273 e. The van der Waals surface area contributed by atoms with Crippen LogP contribution in [-0.2, 0) is 13.0 Å². The Labute approximate surface area is 122 Å². The Morgan fingerprint density at radius 2 is 2.15 bits per heavy atom. The number of aromatic nitrogens is 2. The molecule has 0 aliphatic carbocycles. The second-order valence-electron chi connectivity index (χ2n) is 4.38. The average molecular weight is 293 g/mol. The number of halogens is 1. The summed E-state index contributed by atoms with van der Waals surface area (Å²) in [5, 5.41) is 7.62. The van der Waals surface area contributed by atoms with Crippen molar-refractivity contribution in [2.24, 2.45) is 0 Å². The van der Waals surface area contributed by atoms with Crippen LogP contribution in [0, 0.1) is 0 Å². The van der Waals surface area contributed by atoms with E-state index in [1.54, 1.807) is 28.9 Å². The number of nitrogens with zero attached hydrogens (tertiary/aromatic N) is 2. The van der Waals surface area contributed by atoms with Gasteiger partial charge in [-0.05, 0) is 37.6 Å². The summed E-state index contributed by atoms with van der Waals surface area (Å²) < 4.78 is 1.69. The maximum absolute atomic E-state index is 12.3. The second kappa shape index (κ2) is 5.96. The van der Waals surface area contributed by atoms with Gasteiger partial charge in [-0.15, -0.1) is 0 Å². The molecule has 0 saturated heterocycles. The molecule has 0 aliphatic heterocycles. The summed E-state index contributed by atoms with van der Waals surface area (Å²) in [7, 11) is 0. The minimum absolute atomic E-state index is 0.208. The summed E-state index contributed by atoms with van der Waals surface area (Å²) in [4.78, 5) is 12.3. The highest BCUT2D eigenvalue weighted by Crippen LogP contribution is 2.22. The van der Waals surface area contributed by atoms with Crippen molar-refractivity contribution in [2.75, 3.05) is 11.1 Å². The average Bonchev–Trinajstić information content (AvgIpc) is 2.86. The Hall–Kier alpha value is -2.01. The van der Waals surface area contributed by atoms with Crippen molar-refractivity contribution in [3.63, 3.8) is 0 Å². The third kappa shape index (κ3) is 2.93. The van der Waals surface area contributed by atoms with Gasteiger partial charge in [0.2, 0.25) is 0 Å². The molecule has 3 N–H and O–H groups in total. The highest BCUT2D eigenvalue weighted by molar-refractivity contribution is 6.33. The van der Waals surface area contributed by atoms with E-state index >= 15 is 0 Å². The first-order valence-corrected chi connectivity index (χ1v) is 6.86. The Morgan fingerprint density at radius 3 is 2.75 bits per heavy atom. The number of nitrogens with two attached hydrogens (primary N) is 1. The van der Waals surface area contributed by atoms with E-state index in [0.29, 0.717) is 28.6 Å². The maximum atomic E-state index is 12.3. The van der Waals surface area contributed by atoms with Crippen molar-refractivity contribution < 1.29 is 4.79 Å². The van der Waals surface area contributed by atoms with Gasteiger partial charge in [0, 0.05) is 12.2 Å². The van der Waals surface area contributed by atoms with E-state index in [-0.39, 0.29) is 5.91 Å². The number of rotatable bonds is 4. The zero-order valence-corrected chi connectivity index (χ0v) is 12.2. The van der Waals surface area contributed by atoms with E-state index < -0.39 is 0 Å². The first-order chi connectivity index (χ1) is 9.55. The summed E-state index contributed by atoms with van der Waals surface area (Å²) in [6.07, 6.45) is 0.793. The molecule has 0 radical (unpaired) electrons. The molecule has 106 valence electrons. The molecule has 2 rings (SSSR count). The number of anilines is 2. The van der Waals surface area contributed by atoms with Crippen LogP contribution in [0.5, 0.6) is 0 Å². The van der Waals surface area contributed by atoms with Gasteiger partial charge in [0.05, 0.1) is 16.4 Å². The Kier molecular flexibility index (Phi) is 4.29. The molecule has 1 amide bonds. The molecule has 1 heterocycles. The molecular formula is C14H17ClN4O. The predicted octanol–water partition coefficient (Wildman–Crippen LogP) is 2.95. The molecule has 6 heteroatoms. The summed E-state index contributed by atoms with van der Waals surface area (Å²) in [6, 6.07) is 6.80. The predicted molar refractivity (Wildman–Crippen MR) is 81.1 cm³/mol. The highest BCUT2D eigenvalue weighted by Gasteiger charge is 2.14. The topological polar surface area (TPSA) is 72.9 Å². The van der Waals surface area contributed by atoms with Gasteiger partial charge in [0.25, 0.3) is 5.91 Å². The van der Waals surface area contributed by atoms with Gasteiger partial charge >= 0.3 is 0 Å². The zero-order chi connectivity index (χ0) is 14.7. The SMILES string of the molecule is CCc1cc(C(=O)Nc2ccc(Cl)c(N)c2)n(CC)n1. The molecule has 0 aliphatic rings. The lowest BCUT2D eigenvalue weighted by molar-refractivity contribution is 0.101. The second-order valence-corrected chi connectivity index (χ2v) is 4.79. The number of aryl methyl sites for hydroxylation is 2. The van der Waals surface area contributed by atoms with E-state index in [0.717, 1.165) is 12.1 Å². The monoisotopic (exact) mass is 292 g/mol. The first kappa shape index (κ1) is 14.4. The summed E-state index contributed by atoms with van der Waals surface area (Å²) in [5.74, 6) is -0.208. The van der Waals surface area contributed by atoms with Gasteiger partial charge in [0.15, 0.2) is 0 Å². The van der Waals surface area contributed by atoms with Gasteiger partial charge in [0.1, 0.15) is 5.69 Å². The Balaban J connectivity index is 2.23. The fourth-order valence-corrected chi connectivity index (χ4v) is 2.00. The van der Waals surface area contributed by atoms with E-state index in [1.807, 2.05) is 13.8 Å². The smallest absolute Gasteiger partial charge is 0.273 e. The molecule has 0 unspecified atom stereocenters. The largest absolute Gasteiger partial charge is 0.397 e. The van der Waals surface area contributed by atoms with E-state index in [2.05, 4.69) is 10.4 Å². The fraction of sp³-hybridized carbons (Fsp3) is 0.286. The molecule has 1 aromatic heterocycles. The van der Waals surface area contributed by atoms with Gasteiger partial charge in [-0.2, -0.15) is 5.10 Å². The van der Waals surface area contributed by atoms with Crippen molar-refractivity contribution in [2.45, 2.75) is 26.8 Å². The zero-order valence-electron chi connectivity index (χ0n) is 11.5. The molecule has 20 heavy (non-hydrogen) atoms. The molecular weight excluding hydrogens is 276 g/mol. The number of carbonyl (C=O) groups excluding carboxylic acids is 1. The number of carbonyl (C=O) groups is 1. The molecule has 1 aromatic carbocycles. The van der Waals surface area contributed by atoms with E-state index in [9.17, 15) is 4.79 Å². The normalized spacial score (nSPS) is 10.6. The standard InChI is InChI=1S/C14H17ClN4O/c1-3-9-8-13(19(4-2)18-9)14(20)17-10-5-6-11(15)12(16)7-10/h5-8H,3-4,16H2,1-2H3,(H,17,20). The molecule has 0 fully saturated rings. The van der Waals surface area contributed by atoms with E-state index in [4.69, 9.17) is 17.3 Å². The summed E-state index contributed by atoms with van der Waals surface area (Å²) >= 11 is 5.85. The van der Waals surface area contributed by atoms with Crippen LogP contribution in [0.4, 0.5) is 11.4 Å². The fourth-order valence-electron chi connectivity index (χ4n) is 1.88. The van der Waals surface area contributed by atoms with Crippen LogP contribution in [-0.4, -0.2) is 15.7 Å². The third-order valence-corrected chi connectivity index (χ3v) is 3.32. The van der Waals surface area contributed by atoms with Crippen molar-refractivity contribution in [3.05, 3.63) is 40.7 Å². The molecule has 0 spiro atoms. The van der Waals surface area contributed by atoms with Gasteiger partial charge in [-0.1, -0.05) is 18.5 Å². The number of nitrogen functional groups attached to an aromatic ring is 1. The molecule has 0 saturated carbocycles. The summed E-state index contributed by atoms with van der Waals surface area (Å²) in [5.41, 5.74) is 8.19. The summed E-state index contributed by atoms with van der Waals surface area (Å²) in [6.45, 7) is 4.60. The number of hydrogen-bond donors (Lipinski definition) is 2. The lowest BCUT2D eigenvalue weighted by Crippen LogP contribution is -2.17. The minimum Gasteiger partial charge on any atom is -0.397 e. The van der Waals surface area contributed by atoms with Crippen molar-refractivity contribution in [1.29, 1.82) is 0 Å². The van der Waals surface area contributed by atoms with Crippen molar-refractivity contribution >= 4 is 28.9 Å². The highest BCUT2D eigenvalue weighted by atomic mass is 35.5. The number of nitrogens with one attached hydrogen (secondary N) is 1. The van der Waals surface area contributed by atoms with Crippen LogP contribution in [0.15, 0.2) is 24.3 Å². The van der Waals surface area contributed by atoms with Gasteiger partial charge in [-0.3, -0.25) is 9.48 Å². The van der Waals surface area contributed by atoms with Crippen molar-refractivity contribution in [1.82, 2.24) is 9.78 Å². The van der Waals surface area contributed by atoms with Crippen LogP contribution >= 0.6 is 11.6 Å². The lowest BCUT2D eigenvalue weighted by atomic mass is 10.2.